The highest BCUT2D eigenvalue weighted by Gasteiger charge is 2.18. The van der Waals surface area contributed by atoms with Crippen LogP contribution in [-0.2, 0) is 17.6 Å². The second-order valence-electron chi connectivity index (χ2n) is 4.23. The lowest BCUT2D eigenvalue weighted by Gasteiger charge is -2.16. The van der Waals surface area contributed by atoms with Gasteiger partial charge in [-0.05, 0) is 25.0 Å². The van der Waals surface area contributed by atoms with E-state index in [1.54, 1.807) is 24.3 Å². The standard InChI is InChI=1S/C12H15FO2/c1-12(2,13)8-10-6-4-3-5-9(10)7-11(14)15/h3-6H,7-8H2,1-2H3,(H,14,15). The van der Waals surface area contributed by atoms with Crippen molar-refractivity contribution in [2.75, 3.05) is 0 Å². The van der Waals surface area contributed by atoms with E-state index in [4.69, 9.17) is 5.11 Å². The summed E-state index contributed by atoms with van der Waals surface area (Å²) >= 11 is 0. The Morgan fingerprint density at radius 1 is 1.33 bits per heavy atom. The molecule has 0 aromatic heterocycles. The second kappa shape index (κ2) is 4.43. The van der Waals surface area contributed by atoms with Crippen LogP contribution in [0.5, 0.6) is 0 Å². The van der Waals surface area contributed by atoms with Crippen molar-refractivity contribution < 1.29 is 14.3 Å². The fraction of sp³-hybridized carbons (Fsp3) is 0.417. The van der Waals surface area contributed by atoms with Crippen LogP contribution in [0, 0.1) is 0 Å². The zero-order valence-corrected chi connectivity index (χ0v) is 8.96. The molecule has 0 saturated carbocycles. The minimum Gasteiger partial charge on any atom is -0.481 e. The van der Waals surface area contributed by atoms with Crippen LogP contribution in [-0.4, -0.2) is 16.7 Å². The van der Waals surface area contributed by atoms with Crippen molar-refractivity contribution in [2.45, 2.75) is 32.4 Å². The highest BCUT2D eigenvalue weighted by Crippen LogP contribution is 2.20. The molecular formula is C12H15FO2. The van der Waals surface area contributed by atoms with E-state index in [1.807, 2.05) is 0 Å². The third-order valence-electron chi connectivity index (χ3n) is 2.07. The first-order valence-electron chi connectivity index (χ1n) is 4.86. The Hall–Kier alpha value is -1.38. The monoisotopic (exact) mass is 210 g/mol. The molecule has 0 unspecified atom stereocenters. The van der Waals surface area contributed by atoms with E-state index in [1.165, 1.54) is 13.8 Å². The van der Waals surface area contributed by atoms with E-state index in [-0.39, 0.29) is 12.8 Å². The van der Waals surface area contributed by atoms with E-state index >= 15 is 0 Å². The van der Waals surface area contributed by atoms with Gasteiger partial charge in [-0.3, -0.25) is 4.79 Å². The number of carbonyl (C=O) groups is 1. The lowest BCUT2D eigenvalue weighted by atomic mass is 9.95. The molecule has 0 atom stereocenters. The summed E-state index contributed by atoms with van der Waals surface area (Å²) in [6.07, 6.45) is 0.197. The first-order chi connectivity index (χ1) is 6.88. The van der Waals surface area contributed by atoms with Crippen molar-refractivity contribution in [3.8, 4) is 0 Å². The molecule has 1 N–H and O–H groups in total. The van der Waals surface area contributed by atoms with Crippen LogP contribution in [0.25, 0.3) is 0 Å². The van der Waals surface area contributed by atoms with Crippen molar-refractivity contribution in [2.24, 2.45) is 0 Å². The van der Waals surface area contributed by atoms with E-state index in [9.17, 15) is 9.18 Å². The maximum absolute atomic E-state index is 13.4. The molecule has 0 heterocycles. The molecule has 0 fully saturated rings. The Kier molecular flexibility index (Phi) is 3.45. The number of carboxylic acids is 1. The Labute approximate surface area is 88.7 Å². The van der Waals surface area contributed by atoms with Gasteiger partial charge in [-0.25, -0.2) is 4.39 Å². The summed E-state index contributed by atoms with van der Waals surface area (Å²) in [5.74, 6) is -0.890. The van der Waals surface area contributed by atoms with Gasteiger partial charge >= 0.3 is 5.97 Å². The lowest BCUT2D eigenvalue weighted by molar-refractivity contribution is -0.136. The predicted octanol–water partition coefficient (Wildman–Crippen LogP) is 2.60. The summed E-state index contributed by atoms with van der Waals surface area (Å²) in [4.78, 5) is 10.6. The van der Waals surface area contributed by atoms with Gasteiger partial charge in [-0.2, -0.15) is 0 Å². The van der Waals surface area contributed by atoms with Gasteiger partial charge in [0.25, 0.3) is 0 Å². The molecule has 0 saturated heterocycles. The molecule has 0 aliphatic heterocycles. The quantitative estimate of drug-likeness (QED) is 0.829. The van der Waals surface area contributed by atoms with Gasteiger partial charge in [-0.1, -0.05) is 24.3 Å². The van der Waals surface area contributed by atoms with Crippen molar-refractivity contribution in [1.29, 1.82) is 0 Å². The molecule has 2 nitrogen and oxygen atoms in total. The number of hydrogen-bond acceptors (Lipinski definition) is 1. The minimum absolute atomic E-state index is 0.0494. The average molecular weight is 210 g/mol. The summed E-state index contributed by atoms with van der Waals surface area (Å²) in [5, 5.41) is 8.70. The van der Waals surface area contributed by atoms with Crippen molar-refractivity contribution >= 4 is 5.97 Å². The maximum Gasteiger partial charge on any atom is 0.307 e. The number of benzene rings is 1. The minimum atomic E-state index is -1.31. The van der Waals surface area contributed by atoms with Crippen LogP contribution in [0.2, 0.25) is 0 Å². The summed E-state index contributed by atoms with van der Waals surface area (Å²) in [6, 6.07) is 7.08. The Morgan fingerprint density at radius 3 is 2.33 bits per heavy atom. The Balaban J connectivity index is 2.91. The molecule has 82 valence electrons. The van der Waals surface area contributed by atoms with Gasteiger partial charge in [0.15, 0.2) is 0 Å². The van der Waals surface area contributed by atoms with Gasteiger partial charge in [0.1, 0.15) is 5.67 Å². The zero-order valence-electron chi connectivity index (χ0n) is 8.96. The van der Waals surface area contributed by atoms with Crippen LogP contribution in [0.1, 0.15) is 25.0 Å². The van der Waals surface area contributed by atoms with Crippen molar-refractivity contribution in [3.05, 3.63) is 35.4 Å². The van der Waals surface area contributed by atoms with Gasteiger partial charge in [0.2, 0.25) is 0 Å². The average Bonchev–Trinajstić information content (AvgIpc) is 2.05. The number of alkyl halides is 1. The first-order valence-corrected chi connectivity index (χ1v) is 4.86. The van der Waals surface area contributed by atoms with Gasteiger partial charge < -0.3 is 5.11 Å². The summed E-state index contributed by atoms with van der Waals surface area (Å²) < 4.78 is 13.4. The highest BCUT2D eigenvalue weighted by molar-refractivity contribution is 5.70. The zero-order chi connectivity index (χ0) is 11.5. The fourth-order valence-electron chi connectivity index (χ4n) is 1.52. The van der Waals surface area contributed by atoms with Gasteiger partial charge in [-0.15, -0.1) is 0 Å². The predicted molar refractivity (Wildman–Crippen MR) is 56.7 cm³/mol. The molecule has 1 aromatic rings. The second-order valence-corrected chi connectivity index (χ2v) is 4.23. The SMILES string of the molecule is CC(C)(F)Cc1ccccc1CC(=O)O. The molecule has 1 aromatic carbocycles. The number of rotatable bonds is 4. The van der Waals surface area contributed by atoms with Crippen LogP contribution >= 0.6 is 0 Å². The van der Waals surface area contributed by atoms with Crippen LogP contribution in [0.4, 0.5) is 4.39 Å². The van der Waals surface area contributed by atoms with E-state index < -0.39 is 11.6 Å². The number of aliphatic carboxylic acids is 1. The van der Waals surface area contributed by atoms with Crippen LogP contribution in [0.3, 0.4) is 0 Å². The van der Waals surface area contributed by atoms with E-state index in [0.29, 0.717) is 5.56 Å². The third-order valence-corrected chi connectivity index (χ3v) is 2.07. The molecule has 0 aliphatic rings. The number of halogens is 1. The molecule has 0 spiro atoms. The molecule has 15 heavy (non-hydrogen) atoms. The molecule has 0 radical (unpaired) electrons. The number of hydrogen-bond donors (Lipinski definition) is 1. The summed E-state index contributed by atoms with van der Waals surface area (Å²) in [7, 11) is 0. The van der Waals surface area contributed by atoms with E-state index in [0.717, 1.165) is 5.56 Å². The lowest BCUT2D eigenvalue weighted by Crippen LogP contribution is -2.17. The molecule has 0 amide bonds. The van der Waals surface area contributed by atoms with E-state index in [2.05, 4.69) is 0 Å². The fourth-order valence-corrected chi connectivity index (χ4v) is 1.52. The van der Waals surface area contributed by atoms with Crippen LogP contribution in [0.15, 0.2) is 24.3 Å². The highest BCUT2D eigenvalue weighted by atomic mass is 19.1. The largest absolute Gasteiger partial charge is 0.481 e. The summed E-state index contributed by atoms with van der Waals surface area (Å²) in [6.45, 7) is 2.98. The molecule has 0 aliphatic carbocycles. The van der Waals surface area contributed by atoms with Crippen LogP contribution < -0.4 is 0 Å². The Morgan fingerprint density at radius 2 is 1.87 bits per heavy atom. The third kappa shape index (κ3) is 4.11. The summed E-state index contributed by atoms with van der Waals surface area (Å²) in [5.41, 5.74) is 0.150. The smallest absolute Gasteiger partial charge is 0.307 e. The van der Waals surface area contributed by atoms with Crippen molar-refractivity contribution in [1.82, 2.24) is 0 Å². The van der Waals surface area contributed by atoms with Crippen molar-refractivity contribution in [3.63, 3.8) is 0 Å². The Bertz CT molecular complexity index is 353. The maximum atomic E-state index is 13.4. The topological polar surface area (TPSA) is 37.3 Å². The molecular weight excluding hydrogens is 195 g/mol. The first kappa shape index (κ1) is 11.7. The number of carboxylic acid groups (broad SMARTS) is 1. The molecule has 1 rings (SSSR count). The van der Waals surface area contributed by atoms with Gasteiger partial charge in [0, 0.05) is 6.42 Å². The molecule has 0 bridgehead atoms. The van der Waals surface area contributed by atoms with Gasteiger partial charge in [0.05, 0.1) is 6.42 Å². The molecule has 3 heteroatoms. The normalized spacial score (nSPS) is 11.4.